The topological polar surface area (TPSA) is 29.0 Å². The fourth-order valence-corrected chi connectivity index (χ4v) is 2.80. The van der Waals surface area contributed by atoms with Crippen LogP contribution in [-0.4, -0.2) is 9.97 Å². The van der Waals surface area contributed by atoms with E-state index >= 15 is 0 Å². The standard InChI is InChI=1S/C20H21N3/c1-15-14-16(2)22-20(21-15)23(19-12-8-5-9-13-19)17(3)18-10-6-4-7-11-18/h4-14,17H,1-3H3. The van der Waals surface area contributed by atoms with Crippen molar-refractivity contribution in [1.82, 2.24) is 9.97 Å². The Morgan fingerprint density at radius 3 is 1.87 bits per heavy atom. The minimum atomic E-state index is 0.139. The second-order valence-electron chi connectivity index (χ2n) is 5.74. The predicted molar refractivity (Wildman–Crippen MR) is 94.9 cm³/mol. The first-order valence-electron chi connectivity index (χ1n) is 7.86. The molecule has 0 amide bonds. The molecule has 0 aliphatic heterocycles. The minimum absolute atomic E-state index is 0.139. The molecule has 0 spiro atoms. The summed E-state index contributed by atoms with van der Waals surface area (Å²) in [6.45, 7) is 6.20. The first-order chi connectivity index (χ1) is 11.1. The summed E-state index contributed by atoms with van der Waals surface area (Å²) in [7, 11) is 0. The van der Waals surface area contributed by atoms with Gasteiger partial charge >= 0.3 is 0 Å². The molecule has 23 heavy (non-hydrogen) atoms. The molecule has 0 radical (unpaired) electrons. The lowest BCUT2D eigenvalue weighted by Crippen LogP contribution is -2.24. The van der Waals surface area contributed by atoms with Crippen molar-refractivity contribution in [3.63, 3.8) is 0 Å². The van der Waals surface area contributed by atoms with Crippen LogP contribution < -0.4 is 4.90 Å². The molecule has 0 fully saturated rings. The molecule has 116 valence electrons. The third-order valence-corrected chi connectivity index (χ3v) is 3.89. The molecule has 0 saturated carbocycles. The Balaban J connectivity index is 2.11. The van der Waals surface area contributed by atoms with E-state index in [9.17, 15) is 0 Å². The Hall–Kier alpha value is -2.68. The van der Waals surface area contributed by atoms with E-state index in [1.807, 2.05) is 44.2 Å². The largest absolute Gasteiger partial charge is 0.303 e. The summed E-state index contributed by atoms with van der Waals surface area (Å²) < 4.78 is 0. The summed E-state index contributed by atoms with van der Waals surface area (Å²) >= 11 is 0. The van der Waals surface area contributed by atoms with Gasteiger partial charge < -0.3 is 4.90 Å². The van der Waals surface area contributed by atoms with Crippen molar-refractivity contribution in [2.75, 3.05) is 4.90 Å². The smallest absolute Gasteiger partial charge is 0.230 e. The minimum Gasteiger partial charge on any atom is -0.303 e. The molecule has 0 bridgehead atoms. The van der Waals surface area contributed by atoms with Gasteiger partial charge in [0, 0.05) is 17.1 Å². The Labute approximate surface area is 137 Å². The van der Waals surface area contributed by atoms with Crippen LogP contribution in [0.3, 0.4) is 0 Å². The third kappa shape index (κ3) is 3.39. The number of aryl methyl sites for hydroxylation is 2. The number of benzene rings is 2. The monoisotopic (exact) mass is 303 g/mol. The summed E-state index contributed by atoms with van der Waals surface area (Å²) in [5.41, 5.74) is 4.29. The molecule has 2 aromatic carbocycles. The van der Waals surface area contributed by atoms with E-state index in [2.05, 4.69) is 58.2 Å². The van der Waals surface area contributed by atoms with Crippen molar-refractivity contribution >= 4 is 11.6 Å². The molecule has 1 aromatic heterocycles. The number of aromatic nitrogens is 2. The average Bonchev–Trinajstić information content (AvgIpc) is 2.56. The Bertz CT molecular complexity index is 749. The second kappa shape index (κ2) is 6.61. The van der Waals surface area contributed by atoms with Crippen LogP contribution in [0.25, 0.3) is 0 Å². The van der Waals surface area contributed by atoms with Crippen LogP contribution >= 0.6 is 0 Å². The molecular formula is C20H21N3. The van der Waals surface area contributed by atoms with Crippen molar-refractivity contribution < 1.29 is 0 Å². The highest BCUT2D eigenvalue weighted by Crippen LogP contribution is 2.32. The van der Waals surface area contributed by atoms with E-state index in [0.29, 0.717) is 0 Å². The Morgan fingerprint density at radius 2 is 1.30 bits per heavy atom. The summed E-state index contributed by atoms with van der Waals surface area (Å²) in [6.07, 6.45) is 0. The van der Waals surface area contributed by atoms with Crippen LogP contribution in [0.15, 0.2) is 66.7 Å². The number of hydrogen-bond acceptors (Lipinski definition) is 3. The number of hydrogen-bond donors (Lipinski definition) is 0. The fourth-order valence-electron chi connectivity index (χ4n) is 2.80. The lowest BCUT2D eigenvalue weighted by atomic mass is 10.1. The predicted octanol–water partition coefficient (Wildman–Crippen LogP) is 4.99. The summed E-state index contributed by atoms with van der Waals surface area (Å²) in [5.74, 6) is 0.741. The quantitative estimate of drug-likeness (QED) is 0.679. The maximum absolute atomic E-state index is 4.67. The van der Waals surface area contributed by atoms with Crippen molar-refractivity contribution in [3.05, 3.63) is 83.7 Å². The zero-order chi connectivity index (χ0) is 16.2. The van der Waals surface area contributed by atoms with Gasteiger partial charge in [0.25, 0.3) is 0 Å². The molecule has 3 nitrogen and oxygen atoms in total. The van der Waals surface area contributed by atoms with Gasteiger partial charge in [0.15, 0.2) is 0 Å². The zero-order valence-corrected chi connectivity index (χ0v) is 13.8. The average molecular weight is 303 g/mol. The first-order valence-corrected chi connectivity index (χ1v) is 7.86. The van der Waals surface area contributed by atoms with Gasteiger partial charge in [-0.2, -0.15) is 0 Å². The zero-order valence-electron chi connectivity index (χ0n) is 13.8. The SMILES string of the molecule is Cc1cc(C)nc(N(c2ccccc2)C(C)c2ccccc2)n1. The number of para-hydroxylation sites is 1. The molecule has 3 heteroatoms. The third-order valence-electron chi connectivity index (χ3n) is 3.89. The molecule has 0 aliphatic rings. The molecule has 1 atom stereocenters. The van der Waals surface area contributed by atoms with Crippen LogP contribution in [0, 0.1) is 13.8 Å². The Kier molecular flexibility index (Phi) is 4.38. The van der Waals surface area contributed by atoms with E-state index < -0.39 is 0 Å². The summed E-state index contributed by atoms with van der Waals surface area (Å²) in [5, 5.41) is 0. The van der Waals surface area contributed by atoms with Gasteiger partial charge in [-0.1, -0.05) is 48.5 Å². The van der Waals surface area contributed by atoms with Crippen LogP contribution in [0.1, 0.15) is 29.9 Å². The van der Waals surface area contributed by atoms with Crippen LogP contribution in [-0.2, 0) is 0 Å². The highest BCUT2D eigenvalue weighted by Gasteiger charge is 2.21. The highest BCUT2D eigenvalue weighted by atomic mass is 15.3. The van der Waals surface area contributed by atoms with E-state index in [4.69, 9.17) is 0 Å². The molecule has 1 unspecified atom stereocenters. The molecule has 0 saturated heterocycles. The van der Waals surface area contributed by atoms with Crippen molar-refractivity contribution in [1.29, 1.82) is 0 Å². The van der Waals surface area contributed by atoms with Crippen molar-refractivity contribution in [2.24, 2.45) is 0 Å². The summed E-state index contributed by atoms with van der Waals surface area (Å²) in [4.78, 5) is 11.5. The van der Waals surface area contributed by atoms with E-state index in [-0.39, 0.29) is 6.04 Å². The number of rotatable bonds is 4. The second-order valence-corrected chi connectivity index (χ2v) is 5.74. The lowest BCUT2D eigenvalue weighted by molar-refractivity contribution is 0.744. The maximum atomic E-state index is 4.67. The fraction of sp³-hybridized carbons (Fsp3) is 0.200. The normalized spacial score (nSPS) is 12.0. The summed E-state index contributed by atoms with van der Waals surface area (Å²) in [6, 6.07) is 22.9. The van der Waals surface area contributed by atoms with E-state index in [0.717, 1.165) is 23.0 Å². The molecule has 3 aromatic rings. The molecular weight excluding hydrogens is 282 g/mol. The van der Waals surface area contributed by atoms with Crippen LogP contribution in [0.4, 0.5) is 11.6 Å². The number of nitrogens with zero attached hydrogens (tertiary/aromatic N) is 3. The number of anilines is 2. The van der Waals surface area contributed by atoms with Gasteiger partial charge in [-0.05, 0) is 44.5 Å². The first kappa shape index (κ1) is 15.2. The van der Waals surface area contributed by atoms with Crippen molar-refractivity contribution in [3.8, 4) is 0 Å². The molecule has 3 rings (SSSR count). The van der Waals surface area contributed by atoms with Gasteiger partial charge in [0.05, 0.1) is 6.04 Å². The highest BCUT2D eigenvalue weighted by molar-refractivity contribution is 5.59. The molecule has 0 aliphatic carbocycles. The van der Waals surface area contributed by atoms with Gasteiger partial charge in [0.1, 0.15) is 0 Å². The van der Waals surface area contributed by atoms with Gasteiger partial charge in [-0.15, -0.1) is 0 Å². The maximum Gasteiger partial charge on any atom is 0.230 e. The van der Waals surface area contributed by atoms with Gasteiger partial charge in [-0.25, -0.2) is 9.97 Å². The lowest BCUT2D eigenvalue weighted by Gasteiger charge is -2.30. The van der Waals surface area contributed by atoms with Crippen LogP contribution in [0.2, 0.25) is 0 Å². The van der Waals surface area contributed by atoms with Crippen LogP contribution in [0.5, 0.6) is 0 Å². The molecule has 0 N–H and O–H groups in total. The van der Waals surface area contributed by atoms with Crippen molar-refractivity contribution in [2.45, 2.75) is 26.8 Å². The van der Waals surface area contributed by atoms with E-state index in [1.54, 1.807) is 0 Å². The van der Waals surface area contributed by atoms with Gasteiger partial charge in [-0.3, -0.25) is 0 Å². The molecule has 1 heterocycles. The van der Waals surface area contributed by atoms with E-state index in [1.165, 1.54) is 5.56 Å². The van der Waals surface area contributed by atoms with Gasteiger partial charge in [0.2, 0.25) is 5.95 Å². The Morgan fingerprint density at radius 1 is 0.783 bits per heavy atom.